The first kappa shape index (κ1) is 16.4. The first-order chi connectivity index (χ1) is 9.63. The Morgan fingerprint density at radius 2 is 2.20 bits per heavy atom. The Labute approximate surface area is 134 Å². The molecule has 0 aliphatic carbocycles. The highest BCUT2D eigenvalue weighted by atomic mass is 79.9. The Kier molecular flexibility index (Phi) is 6.49. The molecule has 0 amide bonds. The van der Waals surface area contributed by atoms with Gasteiger partial charge in [-0.15, -0.1) is 11.3 Å². The van der Waals surface area contributed by atoms with Crippen LogP contribution in [0.5, 0.6) is 0 Å². The van der Waals surface area contributed by atoms with Crippen molar-refractivity contribution in [2.75, 3.05) is 39.9 Å². The van der Waals surface area contributed by atoms with E-state index in [0.717, 1.165) is 52.2 Å². The van der Waals surface area contributed by atoms with E-state index in [2.05, 4.69) is 51.6 Å². The SMILES string of the molecule is CCNCC1(CN(C)Cc2csc(Br)c2)CCOCC1. The molecule has 2 heterocycles. The number of hydrogen-bond donors (Lipinski definition) is 1. The third-order valence-electron chi connectivity index (χ3n) is 3.98. The standard InChI is InChI=1S/C15H25BrN2OS/c1-3-17-11-15(4-6-19-7-5-15)12-18(2)9-13-8-14(16)20-10-13/h8,10,17H,3-7,9,11-12H2,1-2H3. The van der Waals surface area contributed by atoms with Gasteiger partial charge < -0.3 is 15.0 Å². The number of halogens is 1. The average molecular weight is 361 g/mol. The molecule has 0 spiro atoms. The van der Waals surface area contributed by atoms with Gasteiger partial charge in [0.15, 0.2) is 0 Å². The molecule has 1 aromatic heterocycles. The molecule has 0 aromatic carbocycles. The van der Waals surface area contributed by atoms with Crippen LogP contribution in [0.25, 0.3) is 0 Å². The number of rotatable bonds is 7. The van der Waals surface area contributed by atoms with Gasteiger partial charge in [-0.25, -0.2) is 0 Å². The summed E-state index contributed by atoms with van der Waals surface area (Å²) < 4.78 is 6.77. The minimum absolute atomic E-state index is 0.371. The first-order valence-corrected chi connectivity index (χ1v) is 9.01. The van der Waals surface area contributed by atoms with Crippen molar-refractivity contribution in [3.05, 3.63) is 20.8 Å². The Morgan fingerprint density at radius 3 is 2.80 bits per heavy atom. The van der Waals surface area contributed by atoms with Crippen LogP contribution in [0.15, 0.2) is 15.2 Å². The van der Waals surface area contributed by atoms with Crippen LogP contribution in [0.4, 0.5) is 0 Å². The molecule has 0 bridgehead atoms. The molecule has 114 valence electrons. The van der Waals surface area contributed by atoms with Crippen molar-refractivity contribution in [2.45, 2.75) is 26.3 Å². The van der Waals surface area contributed by atoms with E-state index in [0.29, 0.717) is 5.41 Å². The van der Waals surface area contributed by atoms with E-state index in [1.54, 1.807) is 11.3 Å². The molecule has 1 aliphatic rings. The van der Waals surface area contributed by atoms with Gasteiger partial charge in [0.05, 0.1) is 3.79 Å². The maximum absolute atomic E-state index is 5.56. The highest BCUT2D eigenvalue weighted by molar-refractivity contribution is 9.11. The van der Waals surface area contributed by atoms with Gasteiger partial charge in [0.2, 0.25) is 0 Å². The number of nitrogens with zero attached hydrogens (tertiary/aromatic N) is 1. The normalized spacial score (nSPS) is 18.6. The molecule has 1 aliphatic heterocycles. The monoisotopic (exact) mass is 360 g/mol. The molecule has 3 nitrogen and oxygen atoms in total. The van der Waals surface area contributed by atoms with Crippen molar-refractivity contribution >= 4 is 27.3 Å². The molecule has 0 atom stereocenters. The lowest BCUT2D eigenvalue weighted by Crippen LogP contribution is -2.46. The maximum Gasteiger partial charge on any atom is 0.0701 e. The summed E-state index contributed by atoms with van der Waals surface area (Å²) in [6.45, 7) is 8.30. The Morgan fingerprint density at radius 1 is 1.45 bits per heavy atom. The van der Waals surface area contributed by atoms with Crippen LogP contribution in [0.1, 0.15) is 25.3 Å². The van der Waals surface area contributed by atoms with Crippen molar-refractivity contribution in [3.63, 3.8) is 0 Å². The zero-order valence-corrected chi connectivity index (χ0v) is 14.9. The lowest BCUT2D eigenvalue weighted by Gasteiger charge is -2.40. The van der Waals surface area contributed by atoms with Crippen LogP contribution < -0.4 is 5.32 Å². The molecule has 1 N–H and O–H groups in total. The number of hydrogen-bond acceptors (Lipinski definition) is 4. The molecule has 5 heteroatoms. The van der Waals surface area contributed by atoms with Gasteiger partial charge in [-0.2, -0.15) is 0 Å². The van der Waals surface area contributed by atoms with E-state index < -0.39 is 0 Å². The van der Waals surface area contributed by atoms with Crippen LogP contribution in [-0.4, -0.2) is 44.8 Å². The first-order valence-electron chi connectivity index (χ1n) is 7.33. The largest absolute Gasteiger partial charge is 0.381 e. The summed E-state index contributed by atoms with van der Waals surface area (Å²) in [5.74, 6) is 0. The highest BCUT2D eigenvalue weighted by Gasteiger charge is 2.33. The second-order valence-electron chi connectivity index (χ2n) is 5.82. The van der Waals surface area contributed by atoms with Crippen LogP contribution >= 0.6 is 27.3 Å². The van der Waals surface area contributed by atoms with Crippen LogP contribution in [-0.2, 0) is 11.3 Å². The molecule has 0 saturated carbocycles. The number of ether oxygens (including phenoxy) is 1. The minimum atomic E-state index is 0.371. The van der Waals surface area contributed by atoms with E-state index in [9.17, 15) is 0 Å². The van der Waals surface area contributed by atoms with Gasteiger partial charge in [-0.05, 0) is 64.8 Å². The Bertz CT molecular complexity index is 404. The second kappa shape index (κ2) is 7.90. The molecular formula is C15H25BrN2OS. The van der Waals surface area contributed by atoms with Crippen molar-refractivity contribution in [2.24, 2.45) is 5.41 Å². The van der Waals surface area contributed by atoms with Gasteiger partial charge in [-0.1, -0.05) is 6.92 Å². The quantitative estimate of drug-likeness (QED) is 0.806. The summed E-state index contributed by atoms with van der Waals surface area (Å²) >= 11 is 5.30. The van der Waals surface area contributed by atoms with Gasteiger partial charge in [0.25, 0.3) is 0 Å². The molecule has 1 fully saturated rings. The van der Waals surface area contributed by atoms with E-state index in [-0.39, 0.29) is 0 Å². The molecule has 0 unspecified atom stereocenters. The molecule has 0 radical (unpaired) electrons. The van der Waals surface area contributed by atoms with E-state index >= 15 is 0 Å². The summed E-state index contributed by atoms with van der Waals surface area (Å²) in [5.41, 5.74) is 1.77. The van der Waals surface area contributed by atoms with E-state index in [1.807, 2.05) is 0 Å². The summed E-state index contributed by atoms with van der Waals surface area (Å²) in [6.07, 6.45) is 2.33. The lowest BCUT2D eigenvalue weighted by atomic mass is 9.79. The zero-order valence-electron chi connectivity index (χ0n) is 12.5. The average Bonchev–Trinajstić information content (AvgIpc) is 2.82. The predicted molar refractivity (Wildman–Crippen MR) is 89.4 cm³/mol. The van der Waals surface area contributed by atoms with Crippen molar-refractivity contribution in [1.82, 2.24) is 10.2 Å². The van der Waals surface area contributed by atoms with Crippen LogP contribution in [0, 0.1) is 5.41 Å². The fourth-order valence-corrected chi connectivity index (χ4v) is 4.15. The molecule has 1 aromatic rings. The van der Waals surface area contributed by atoms with Crippen molar-refractivity contribution in [1.29, 1.82) is 0 Å². The molecule has 20 heavy (non-hydrogen) atoms. The second-order valence-corrected chi connectivity index (χ2v) is 8.11. The Balaban J connectivity index is 1.92. The van der Waals surface area contributed by atoms with Crippen molar-refractivity contribution < 1.29 is 4.74 Å². The highest BCUT2D eigenvalue weighted by Crippen LogP contribution is 2.31. The summed E-state index contributed by atoms with van der Waals surface area (Å²) in [4.78, 5) is 2.46. The summed E-state index contributed by atoms with van der Waals surface area (Å²) in [5, 5.41) is 5.78. The number of nitrogens with one attached hydrogen (secondary N) is 1. The van der Waals surface area contributed by atoms with E-state index in [1.165, 1.54) is 9.35 Å². The summed E-state index contributed by atoms with van der Waals surface area (Å²) in [6, 6.07) is 2.22. The minimum Gasteiger partial charge on any atom is -0.381 e. The fourth-order valence-electron chi connectivity index (χ4n) is 2.95. The smallest absolute Gasteiger partial charge is 0.0701 e. The van der Waals surface area contributed by atoms with Crippen molar-refractivity contribution in [3.8, 4) is 0 Å². The van der Waals surface area contributed by atoms with Gasteiger partial charge in [0, 0.05) is 32.8 Å². The molecular weight excluding hydrogens is 336 g/mol. The Hall–Kier alpha value is 0.0600. The predicted octanol–water partition coefficient (Wildman–Crippen LogP) is 3.35. The third-order valence-corrected chi connectivity index (χ3v) is 5.54. The van der Waals surface area contributed by atoms with Crippen LogP contribution in [0.3, 0.4) is 0 Å². The zero-order chi connectivity index (χ0) is 14.4. The topological polar surface area (TPSA) is 24.5 Å². The maximum atomic E-state index is 5.56. The summed E-state index contributed by atoms with van der Waals surface area (Å²) in [7, 11) is 2.23. The van der Waals surface area contributed by atoms with E-state index in [4.69, 9.17) is 4.74 Å². The third kappa shape index (κ3) is 4.81. The lowest BCUT2D eigenvalue weighted by molar-refractivity contribution is -0.00137. The molecule has 2 rings (SSSR count). The number of thiophene rings is 1. The fraction of sp³-hybridized carbons (Fsp3) is 0.733. The van der Waals surface area contributed by atoms with Gasteiger partial charge in [0.1, 0.15) is 0 Å². The van der Waals surface area contributed by atoms with Gasteiger partial charge in [-0.3, -0.25) is 0 Å². The molecule has 1 saturated heterocycles. The van der Waals surface area contributed by atoms with Crippen LogP contribution in [0.2, 0.25) is 0 Å². The van der Waals surface area contributed by atoms with Gasteiger partial charge >= 0.3 is 0 Å².